The molecule has 4 aliphatic rings. The molecule has 5 amide bonds. The van der Waals surface area contributed by atoms with Crippen molar-refractivity contribution in [3.05, 3.63) is 29.3 Å². The molecule has 1 aromatic carbocycles. The lowest BCUT2D eigenvalue weighted by atomic mass is 9.83. The Morgan fingerprint density at radius 1 is 1.03 bits per heavy atom. The van der Waals surface area contributed by atoms with Crippen molar-refractivity contribution in [1.29, 1.82) is 0 Å². The van der Waals surface area contributed by atoms with E-state index in [1.807, 2.05) is 18.2 Å². The molecular weight excluding hydrogens is 482 g/mol. The molecule has 5 rings (SSSR count). The molecule has 1 heterocycles. The van der Waals surface area contributed by atoms with E-state index in [9.17, 15) is 19.2 Å². The highest BCUT2D eigenvalue weighted by Gasteiger charge is 2.53. The standard InChI is InChI=1S/C29H41N5O4/c1-17(2)23-16-34(28(38)32-23)29(27(37)30-3)14-20-11-12-22(13-21(20)15-29)31-26(36)24(18-7-5-4-6-8-18)33-25(35)19-9-10-19/h11-13,17-19,23-24H,4-10,14-16H2,1-3H3,(H,30,37)(H,31,36)(H,32,38)(H,33,35)/t23-,24-,29?/m0/s1. The maximum atomic E-state index is 13.5. The van der Waals surface area contributed by atoms with Gasteiger partial charge in [-0.15, -0.1) is 0 Å². The fraction of sp³-hybridized carbons (Fsp3) is 0.655. The summed E-state index contributed by atoms with van der Waals surface area (Å²) in [5, 5.41) is 11.9. The van der Waals surface area contributed by atoms with Gasteiger partial charge >= 0.3 is 6.03 Å². The number of nitrogens with one attached hydrogen (secondary N) is 4. The third-order valence-corrected chi connectivity index (χ3v) is 8.99. The average molecular weight is 524 g/mol. The van der Waals surface area contributed by atoms with Crippen LogP contribution in [0.15, 0.2) is 18.2 Å². The molecule has 0 radical (unpaired) electrons. The van der Waals surface area contributed by atoms with Crippen LogP contribution in [0.3, 0.4) is 0 Å². The van der Waals surface area contributed by atoms with Crippen LogP contribution >= 0.6 is 0 Å². The molecule has 1 aromatic rings. The highest BCUT2D eigenvalue weighted by Crippen LogP contribution is 2.38. The number of hydrogen-bond acceptors (Lipinski definition) is 4. The molecule has 206 valence electrons. The summed E-state index contributed by atoms with van der Waals surface area (Å²) in [5.41, 5.74) is 1.59. The van der Waals surface area contributed by atoms with E-state index in [1.54, 1.807) is 11.9 Å². The second kappa shape index (κ2) is 10.6. The smallest absolute Gasteiger partial charge is 0.318 e. The maximum Gasteiger partial charge on any atom is 0.318 e. The van der Waals surface area contributed by atoms with Crippen LogP contribution in [0.4, 0.5) is 10.5 Å². The van der Waals surface area contributed by atoms with Crippen molar-refractivity contribution in [2.24, 2.45) is 17.8 Å². The van der Waals surface area contributed by atoms with Crippen molar-refractivity contribution >= 4 is 29.4 Å². The summed E-state index contributed by atoms with van der Waals surface area (Å²) < 4.78 is 0. The molecule has 3 atom stereocenters. The van der Waals surface area contributed by atoms with Crippen LogP contribution in [-0.4, -0.2) is 59.9 Å². The molecule has 3 aliphatic carbocycles. The van der Waals surface area contributed by atoms with Gasteiger partial charge in [0.1, 0.15) is 11.6 Å². The first-order valence-electron chi connectivity index (χ1n) is 14.2. The van der Waals surface area contributed by atoms with Gasteiger partial charge in [-0.25, -0.2) is 4.79 Å². The number of fused-ring (bicyclic) bond motifs is 1. The van der Waals surface area contributed by atoms with E-state index < -0.39 is 11.6 Å². The molecule has 2 saturated carbocycles. The van der Waals surface area contributed by atoms with Crippen molar-refractivity contribution in [3.63, 3.8) is 0 Å². The zero-order chi connectivity index (χ0) is 27.0. The van der Waals surface area contributed by atoms with Gasteiger partial charge in [-0.1, -0.05) is 39.2 Å². The number of carbonyl (C=O) groups is 4. The number of carbonyl (C=O) groups excluding carboxylic acids is 4. The predicted octanol–water partition coefficient (Wildman–Crippen LogP) is 2.73. The minimum atomic E-state index is -1.00. The Balaban J connectivity index is 1.34. The quantitative estimate of drug-likeness (QED) is 0.419. The van der Waals surface area contributed by atoms with Gasteiger partial charge in [0.25, 0.3) is 0 Å². The Bertz CT molecular complexity index is 1110. The minimum Gasteiger partial charge on any atom is -0.357 e. The lowest BCUT2D eigenvalue weighted by Gasteiger charge is -2.36. The lowest BCUT2D eigenvalue weighted by molar-refractivity contribution is -0.130. The Morgan fingerprint density at radius 3 is 2.37 bits per heavy atom. The van der Waals surface area contributed by atoms with E-state index in [2.05, 4.69) is 35.1 Å². The summed E-state index contributed by atoms with van der Waals surface area (Å²) in [5.74, 6) is 0.0747. The molecule has 1 unspecified atom stereocenters. The summed E-state index contributed by atoms with van der Waals surface area (Å²) in [4.78, 5) is 54.0. The highest BCUT2D eigenvalue weighted by atomic mass is 16.2. The normalized spacial score (nSPS) is 26.1. The van der Waals surface area contributed by atoms with E-state index in [0.29, 0.717) is 25.1 Å². The molecule has 0 bridgehead atoms. The van der Waals surface area contributed by atoms with Gasteiger partial charge in [0.2, 0.25) is 17.7 Å². The predicted molar refractivity (Wildman–Crippen MR) is 144 cm³/mol. The van der Waals surface area contributed by atoms with Gasteiger partial charge in [-0.05, 0) is 60.8 Å². The van der Waals surface area contributed by atoms with E-state index in [1.165, 1.54) is 6.42 Å². The van der Waals surface area contributed by atoms with Crippen molar-refractivity contribution < 1.29 is 19.2 Å². The van der Waals surface area contributed by atoms with E-state index >= 15 is 0 Å². The third kappa shape index (κ3) is 5.12. The van der Waals surface area contributed by atoms with Crippen molar-refractivity contribution in [3.8, 4) is 0 Å². The Hall–Kier alpha value is -3.10. The van der Waals surface area contributed by atoms with E-state index in [-0.39, 0.29) is 47.5 Å². The van der Waals surface area contributed by atoms with Gasteiger partial charge < -0.3 is 26.2 Å². The Labute approximate surface area is 224 Å². The number of nitrogens with zero attached hydrogens (tertiary/aromatic N) is 1. The van der Waals surface area contributed by atoms with Crippen LogP contribution in [0.5, 0.6) is 0 Å². The summed E-state index contributed by atoms with van der Waals surface area (Å²) in [6, 6.07) is 4.97. The number of hydrogen-bond donors (Lipinski definition) is 4. The summed E-state index contributed by atoms with van der Waals surface area (Å²) in [7, 11) is 1.61. The van der Waals surface area contributed by atoms with Gasteiger partial charge in [0, 0.05) is 38.0 Å². The van der Waals surface area contributed by atoms with Crippen LogP contribution in [0.25, 0.3) is 0 Å². The molecule has 4 N–H and O–H groups in total. The molecule has 9 nitrogen and oxygen atoms in total. The second-order valence-corrected chi connectivity index (χ2v) is 12.0. The zero-order valence-corrected chi connectivity index (χ0v) is 22.8. The van der Waals surface area contributed by atoms with Crippen LogP contribution in [0.1, 0.15) is 69.9 Å². The molecule has 38 heavy (non-hydrogen) atoms. The SMILES string of the molecule is CNC(=O)C1(N2C[C@@H](C(C)C)NC2=O)Cc2ccc(NC(=O)[C@@H](NC(=O)C3CC3)C3CCCCC3)cc2C1. The summed E-state index contributed by atoms with van der Waals surface area (Å²) in [6.45, 7) is 4.60. The van der Waals surface area contributed by atoms with Crippen molar-refractivity contribution in [2.45, 2.75) is 89.3 Å². The highest BCUT2D eigenvalue weighted by molar-refractivity contribution is 5.98. The summed E-state index contributed by atoms with van der Waals surface area (Å²) >= 11 is 0. The first-order valence-corrected chi connectivity index (χ1v) is 14.2. The number of likely N-dealkylation sites (N-methyl/N-ethyl adjacent to an activating group) is 1. The van der Waals surface area contributed by atoms with Gasteiger partial charge in [-0.2, -0.15) is 0 Å². The van der Waals surface area contributed by atoms with E-state index in [4.69, 9.17) is 0 Å². The first-order chi connectivity index (χ1) is 18.2. The molecule has 1 saturated heterocycles. The van der Waals surface area contributed by atoms with Crippen LogP contribution < -0.4 is 21.3 Å². The molecular formula is C29H41N5O4. The molecule has 9 heteroatoms. The number of anilines is 1. The summed E-state index contributed by atoms with van der Waals surface area (Å²) in [6.07, 6.45) is 7.82. The minimum absolute atomic E-state index is 0.00911. The van der Waals surface area contributed by atoms with Crippen LogP contribution in [-0.2, 0) is 27.2 Å². The maximum absolute atomic E-state index is 13.5. The molecule has 3 fully saturated rings. The van der Waals surface area contributed by atoms with E-state index in [0.717, 1.165) is 49.7 Å². The topological polar surface area (TPSA) is 120 Å². The van der Waals surface area contributed by atoms with Gasteiger partial charge in [-0.3, -0.25) is 14.4 Å². The third-order valence-electron chi connectivity index (χ3n) is 8.99. The Kier molecular flexibility index (Phi) is 7.38. The molecule has 0 aromatic heterocycles. The first kappa shape index (κ1) is 26.5. The van der Waals surface area contributed by atoms with Gasteiger partial charge in [0.15, 0.2) is 0 Å². The molecule has 0 spiro atoms. The fourth-order valence-corrected chi connectivity index (χ4v) is 6.45. The Morgan fingerprint density at radius 2 is 1.74 bits per heavy atom. The number of amides is 5. The second-order valence-electron chi connectivity index (χ2n) is 12.0. The number of rotatable bonds is 8. The number of urea groups is 1. The van der Waals surface area contributed by atoms with Crippen LogP contribution in [0.2, 0.25) is 0 Å². The largest absolute Gasteiger partial charge is 0.357 e. The average Bonchev–Trinajstić information content (AvgIpc) is 3.58. The van der Waals surface area contributed by atoms with Crippen molar-refractivity contribution in [2.75, 3.05) is 18.9 Å². The fourth-order valence-electron chi connectivity index (χ4n) is 6.45. The monoisotopic (exact) mass is 523 g/mol. The zero-order valence-electron chi connectivity index (χ0n) is 22.8. The number of benzene rings is 1. The van der Waals surface area contributed by atoms with Crippen molar-refractivity contribution in [1.82, 2.24) is 20.9 Å². The van der Waals surface area contributed by atoms with Gasteiger partial charge in [0.05, 0.1) is 6.04 Å². The lowest BCUT2D eigenvalue weighted by Crippen LogP contribution is -2.60. The van der Waals surface area contributed by atoms with Crippen LogP contribution in [0, 0.1) is 17.8 Å². The molecule has 1 aliphatic heterocycles.